The highest BCUT2D eigenvalue weighted by atomic mass is 79.9. The van der Waals surface area contributed by atoms with Crippen molar-refractivity contribution in [1.82, 2.24) is 9.97 Å². The monoisotopic (exact) mass is 233 g/mol. The quantitative estimate of drug-likeness (QED) is 0.607. The van der Waals surface area contributed by atoms with Crippen LogP contribution in [-0.2, 0) is 4.79 Å². The van der Waals surface area contributed by atoms with E-state index in [4.69, 9.17) is 5.73 Å². The number of hydrogen-bond acceptors (Lipinski definition) is 4. The maximum atomic E-state index is 12.8. The summed E-state index contributed by atoms with van der Waals surface area (Å²) in [4.78, 5) is 16.4. The molecule has 1 unspecified atom stereocenters. The van der Waals surface area contributed by atoms with Gasteiger partial charge in [-0.3, -0.25) is 0 Å². The van der Waals surface area contributed by atoms with Crippen molar-refractivity contribution in [2.24, 2.45) is 0 Å². The SMILES string of the molecule is Nc1ncc(F)c(C(Br)C=O)n1. The average Bonchev–Trinajstić information content (AvgIpc) is 2.08. The molecule has 12 heavy (non-hydrogen) atoms. The van der Waals surface area contributed by atoms with Gasteiger partial charge in [-0.25, -0.2) is 14.4 Å². The van der Waals surface area contributed by atoms with E-state index < -0.39 is 10.6 Å². The first-order valence-electron chi connectivity index (χ1n) is 3.02. The van der Waals surface area contributed by atoms with Crippen LogP contribution in [0.4, 0.5) is 10.3 Å². The molecule has 2 N–H and O–H groups in total. The topological polar surface area (TPSA) is 68.9 Å². The average molecular weight is 234 g/mol. The Hall–Kier alpha value is -1.04. The number of rotatable bonds is 2. The summed E-state index contributed by atoms with van der Waals surface area (Å²) in [6.07, 6.45) is 1.44. The Labute approximate surface area is 76.1 Å². The lowest BCUT2D eigenvalue weighted by molar-refractivity contribution is -0.107. The van der Waals surface area contributed by atoms with Gasteiger partial charge in [0.1, 0.15) is 16.8 Å². The summed E-state index contributed by atoms with van der Waals surface area (Å²) >= 11 is 2.92. The Bertz CT molecular complexity index is 307. The fourth-order valence-corrected chi connectivity index (χ4v) is 0.974. The molecule has 0 saturated heterocycles. The van der Waals surface area contributed by atoms with Gasteiger partial charge in [0.2, 0.25) is 5.95 Å². The van der Waals surface area contributed by atoms with Crippen molar-refractivity contribution in [3.8, 4) is 0 Å². The number of hydrogen-bond donors (Lipinski definition) is 1. The van der Waals surface area contributed by atoms with Crippen LogP contribution in [0.2, 0.25) is 0 Å². The summed E-state index contributed by atoms with van der Waals surface area (Å²) in [5.74, 6) is -0.712. The Balaban J connectivity index is 3.12. The molecule has 6 heteroatoms. The lowest BCUT2D eigenvalue weighted by atomic mass is 10.3. The van der Waals surface area contributed by atoms with Crippen molar-refractivity contribution >= 4 is 28.2 Å². The Kier molecular flexibility index (Phi) is 2.69. The number of anilines is 1. The largest absolute Gasteiger partial charge is 0.368 e. The highest BCUT2D eigenvalue weighted by Gasteiger charge is 2.13. The molecule has 1 heterocycles. The fraction of sp³-hybridized carbons (Fsp3) is 0.167. The van der Waals surface area contributed by atoms with Gasteiger partial charge in [-0.1, -0.05) is 15.9 Å². The molecule has 1 atom stereocenters. The van der Waals surface area contributed by atoms with Crippen molar-refractivity contribution < 1.29 is 9.18 Å². The van der Waals surface area contributed by atoms with Crippen LogP contribution in [0.15, 0.2) is 6.20 Å². The molecule has 64 valence electrons. The second-order valence-electron chi connectivity index (χ2n) is 2.00. The molecular formula is C6H5BrFN3O. The number of halogens is 2. The third-order valence-electron chi connectivity index (χ3n) is 1.17. The third kappa shape index (κ3) is 1.76. The van der Waals surface area contributed by atoms with Crippen LogP contribution in [0.3, 0.4) is 0 Å². The number of carbonyl (C=O) groups is 1. The molecular weight excluding hydrogens is 229 g/mol. The van der Waals surface area contributed by atoms with Gasteiger partial charge >= 0.3 is 0 Å². The minimum absolute atomic E-state index is 0.0440. The van der Waals surface area contributed by atoms with E-state index >= 15 is 0 Å². The number of alkyl halides is 1. The molecule has 0 saturated carbocycles. The number of nitrogen functional groups attached to an aromatic ring is 1. The standard InChI is InChI=1S/C6H5BrFN3O/c7-3(2-12)5-4(8)1-10-6(9)11-5/h1-3H,(H2,9,10,11). The summed E-state index contributed by atoms with van der Waals surface area (Å²) < 4.78 is 12.8. The molecule has 0 fully saturated rings. The summed E-state index contributed by atoms with van der Waals surface area (Å²) in [5, 5.41) is 0. The van der Waals surface area contributed by atoms with Gasteiger partial charge < -0.3 is 10.5 Å². The minimum atomic E-state index is -0.775. The first-order valence-corrected chi connectivity index (χ1v) is 3.94. The smallest absolute Gasteiger partial charge is 0.220 e. The van der Waals surface area contributed by atoms with Crippen LogP contribution < -0.4 is 5.73 Å². The Morgan fingerprint density at radius 2 is 2.42 bits per heavy atom. The molecule has 0 aliphatic heterocycles. The van der Waals surface area contributed by atoms with Gasteiger partial charge in [0.05, 0.1) is 6.20 Å². The first kappa shape index (κ1) is 9.05. The van der Waals surface area contributed by atoms with E-state index in [9.17, 15) is 9.18 Å². The van der Waals surface area contributed by atoms with Gasteiger partial charge in [0.25, 0.3) is 0 Å². The van der Waals surface area contributed by atoms with Crippen LogP contribution >= 0.6 is 15.9 Å². The zero-order valence-electron chi connectivity index (χ0n) is 5.87. The van der Waals surface area contributed by atoms with E-state index in [1.807, 2.05) is 0 Å². The molecule has 0 aliphatic carbocycles. The van der Waals surface area contributed by atoms with Crippen LogP contribution in [0.25, 0.3) is 0 Å². The number of aldehydes is 1. The predicted molar refractivity (Wildman–Crippen MR) is 44.1 cm³/mol. The van der Waals surface area contributed by atoms with Crippen molar-refractivity contribution in [3.63, 3.8) is 0 Å². The third-order valence-corrected chi connectivity index (χ3v) is 1.82. The van der Waals surface area contributed by atoms with E-state index in [1.165, 1.54) is 0 Å². The van der Waals surface area contributed by atoms with E-state index in [1.54, 1.807) is 0 Å². The Morgan fingerprint density at radius 1 is 1.75 bits per heavy atom. The zero-order valence-corrected chi connectivity index (χ0v) is 7.45. The van der Waals surface area contributed by atoms with E-state index in [0.717, 1.165) is 6.20 Å². The molecule has 1 rings (SSSR count). The van der Waals surface area contributed by atoms with E-state index in [2.05, 4.69) is 25.9 Å². The second kappa shape index (κ2) is 3.57. The lowest BCUT2D eigenvalue weighted by Crippen LogP contribution is -2.04. The molecule has 0 bridgehead atoms. The maximum Gasteiger partial charge on any atom is 0.220 e. The number of aromatic nitrogens is 2. The highest BCUT2D eigenvalue weighted by Crippen LogP contribution is 2.20. The number of nitrogens with two attached hydrogens (primary N) is 1. The van der Waals surface area contributed by atoms with Gasteiger partial charge in [-0.2, -0.15) is 0 Å². The summed E-state index contributed by atoms with van der Waals surface area (Å²) in [6, 6.07) is 0. The van der Waals surface area contributed by atoms with Gasteiger partial charge in [0, 0.05) is 0 Å². The van der Waals surface area contributed by atoms with Gasteiger partial charge in [-0.05, 0) is 0 Å². The maximum absolute atomic E-state index is 12.8. The summed E-state index contributed by atoms with van der Waals surface area (Å²) in [6.45, 7) is 0. The van der Waals surface area contributed by atoms with Crippen LogP contribution in [0.1, 0.15) is 10.5 Å². The van der Waals surface area contributed by atoms with Crippen molar-refractivity contribution in [2.75, 3.05) is 5.73 Å². The van der Waals surface area contributed by atoms with Gasteiger partial charge in [-0.15, -0.1) is 0 Å². The summed E-state index contributed by atoms with van der Waals surface area (Å²) in [7, 11) is 0. The zero-order chi connectivity index (χ0) is 9.14. The molecule has 0 aromatic carbocycles. The molecule has 0 spiro atoms. The number of nitrogens with zero attached hydrogens (tertiary/aromatic N) is 2. The molecule has 0 aliphatic rings. The minimum Gasteiger partial charge on any atom is -0.368 e. The molecule has 4 nitrogen and oxygen atoms in total. The predicted octanol–water partition coefficient (Wildman–Crippen LogP) is 0.833. The van der Waals surface area contributed by atoms with Crippen LogP contribution in [0.5, 0.6) is 0 Å². The first-order chi connectivity index (χ1) is 5.65. The highest BCUT2D eigenvalue weighted by molar-refractivity contribution is 9.09. The summed E-state index contributed by atoms with van der Waals surface area (Å²) in [5.41, 5.74) is 5.15. The van der Waals surface area contributed by atoms with E-state index in [0.29, 0.717) is 6.29 Å². The Morgan fingerprint density at radius 3 is 3.00 bits per heavy atom. The fourth-order valence-electron chi connectivity index (χ4n) is 0.652. The second-order valence-corrected chi connectivity index (χ2v) is 2.99. The van der Waals surface area contributed by atoms with Crippen molar-refractivity contribution in [1.29, 1.82) is 0 Å². The van der Waals surface area contributed by atoms with Crippen LogP contribution in [0, 0.1) is 5.82 Å². The molecule has 0 radical (unpaired) electrons. The molecule has 0 amide bonds. The molecule has 1 aromatic heterocycles. The normalized spacial score (nSPS) is 12.5. The van der Waals surface area contributed by atoms with Gasteiger partial charge in [0.15, 0.2) is 5.82 Å². The number of carbonyl (C=O) groups excluding carboxylic acids is 1. The lowest BCUT2D eigenvalue weighted by Gasteiger charge is -2.02. The van der Waals surface area contributed by atoms with Crippen molar-refractivity contribution in [3.05, 3.63) is 17.7 Å². The van der Waals surface area contributed by atoms with Crippen molar-refractivity contribution in [2.45, 2.75) is 4.83 Å². The molecule has 1 aromatic rings. The van der Waals surface area contributed by atoms with Crippen LogP contribution in [-0.4, -0.2) is 16.3 Å². The van der Waals surface area contributed by atoms with E-state index in [-0.39, 0.29) is 11.6 Å².